The Labute approximate surface area is 190 Å². The fraction of sp³-hybridized carbons (Fsp3) is 0.320. The van der Waals surface area contributed by atoms with Crippen LogP contribution in [0.1, 0.15) is 25.3 Å². The van der Waals surface area contributed by atoms with Crippen molar-refractivity contribution in [1.82, 2.24) is 5.32 Å². The average Bonchev–Trinajstić information content (AvgIpc) is 2.79. The Morgan fingerprint density at radius 2 is 1.72 bits per heavy atom. The normalized spacial score (nSPS) is 12.3. The quantitative estimate of drug-likeness (QED) is 0.467. The van der Waals surface area contributed by atoms with E-state index in [-0.39, 0.29) is 5.91 Å². The maximum absolute atomic E-state index is 12.6. The van der Waals surface area contributed by atoms with Crippen LogP contribution in [0, 0.1) is 0 Å². The molecule has 0 fully saturated rings. The van der Waals surface area contributed by atoms with E-state index in [1.54, 1.807) is 24.3 Å². The topological polar surface area (TPSA) is 75.7 Å². The lowest BCUT2D eigenvalue weighted by Crippen LogP contribution is -2.38. The highest BCUT2D eigenvalue weighted by Gasteiger charge is 2.18. The Bertz CT molecular complexity index is 1150. The second-order valence-corrected chi connectivity index (χ2v) is 9.79. The number of nitrogens with zero attached hydrogens (tertiary/aromatic N) is 1. The Hall–Kier alpha value is -3.06. The summed E-state index contributed by atoms with van der Waals surface area (Å²) in [6, 6.07) is 21.3. The van der Waals surface area contributed by atoms with Gasteiger partial charge in [0.25, 0.3) is 5.91 Å². The van der Waals surface area contributed by atoms with Gasteiger partial charge in [-0.25, -0.2) is 8.42 Å². The van der Waals surface area contributed by atoms with Gasteiger partial charge < -0.3 is 10.1 Å². The van der Waals surface area contributed by atoms with Gasteiger partial charge in [0.2, 0.25) is 10.0 Å². The first-order chi connectivity index (χ1) is 15.3. The summed E-state index contributed by atoms with van der Waals surface area (Å²) in [4.78, 5) is 12.6. The molecular formula is C25H30N2O4S. The number of carbonyl (C=O) groups excluding carboxylic acids is 1. The van der Waals surface area contributed by atoms with Gasteiger partial charge in [-0.05, 0) is 59.9 Å². The molecule has 0 aliphatic rings. The Morgan fingerprint density at radius 1 is 1.03 bits per heavy atom. The molecule has 0 aliphatic carbocycles. The second-order valence-electron chi connectivity index (χ2n) is 7.77. The molecule has 1 N–H and O–H groups in total. The number of anilines is 1. The molecule has 0 radical (unpaired) electrons. The number of carbonyl (C=O) groups is 1. The van der Waals surface area contributed by atoms with Crippen LogP contribution in [0.2, 0.25) is 0 Å². The van der Waals surface area contributed by atoms with E-state index in [4.69, 9.17) is 4.74 Å². The predicted octanol–water partition coefficient (Wildman–Crippen LogP) is 4.14. The molecule has 0 bridgehead atoms. The lowest BCUT2D eigenvalue weighted by molar-refractivity contribution is -0.128. The first-order valence-corrected chi connectivity index (χ1v) is 12.6. The largest absolute Gasteiger partial charge is 0.481 e. The van der Waals surface area contributed by atoms with Crippen LogP contribution in [0.15, 0.2) is 66.7 Å². The summed E-state index contributed by atoms with van der Waals surface area (Å²) < 4.78 is 30.3. The van der Waals surface area contributed by atoms with Crippen molar-refractivity contribution >= 4 is 32.4 Å². The number of hydrogen-bond donors (Lipinski definition) is 1. The molecular weight excluding hydrogens is 424 g/mol. The summed E-state index contributed by atoms with van der Waals surface area (Å²) in [7, 11) is -1.83. The van der Waals surface area contributed by atoms with Gasteiger partial charge in [-0.3, -0.25) is 9.10 Å². The molecule has 1 amide bonds. The van der Waals surface area contributed by atoms with E-state index >= 15 is 0 Å². The number of benzene rings is 3. The van der Waals surface area contributed by atoms with Crippen molar-refractivity contribution < 1.29 is 17.9 Å². The van der Waals surface area contributed by atoms with E-state index in [0.29, 0.717) is 24.4 Å². The molecule has 0 saturated heterocycles. The van der Waals surface area contributed by atoms with Gasteiger partial charge in [-0.15, -0.1) is 0 Å². The third-order valence-electron chi connectivity index (χ3n) is 5.44. The third kappa shape index (κ3) is 6.01. The summed E-state index contributed by atoms with van der Waals surface area (Å²) in [5, 5.41) is 5.45. The van der Waals surface area contributed by atoms with Crippen molar-refractivity contribution in [2.45, 2.75) is 32.3 Å². The van der Waals surface area contributed by atoms with Gasteiger partial charge in [0.15, 0.2) is 6.10 Å². The zero-order valence-electron chi connectivity index (χ0n) is 18.7. The number of nitrogens with one attached hydrogen (secondary N) is 1. The molecule has 0 saturated carbocycles. The van der Waals surface area contributed by atoms with Crippen LogP contribution >= 0.6 is 0 Å². The van der Waals surface area contributed by atoms with Crippen molar-refractivity contribution in [2.24, 2.45) is 0 Å². The Kier molecular flexibility index (Phi) is 7.75. The first kappa shape index (κ1) is 23.6. The summed E-state index contributed by atoms with van der Waals surface area (Å²) in [6.07, 6.45) is 2.79. The lowest BCUT2D eigenvalue weighted by atomic mass is 10.0. The van der Waals surface area contributed by atoms with Crippen LogP contribution in [-0.2, 0) is 21.2 Å². The summed E-state index contributed by atoms with van der Waals surface area (Å²) in [5.74, 6) is 0.371. The molecule has 32 heavy (non-hydrogen) atoms. The van der Waals surface area contributed by atoms with Crippen LogP contribution in [0.4, 0.5) is 5.69 Å². The van der Waals surface area contributed by atoms with Crippen molar-refractivity contribution in [3.8, 4) is 5.75 Å². The van der Waals surface area contributed by atoms with E-state index < -0.39 is 16.1 Å². The minimum absolute atomic E-state index is 0.150. The molecule has 3 aromatic rings. The predicted molar refractivity (Wildman–Crippen MR) is 130 cm³/mol. The zero-order valence-corrected chi connectivity index (χ0v) is 19.6. The van der Waals surface area contributed by atoms with Crippen molar-refractivity contribution in [1.29, 1.82) is 0 Å². The number of sulfonamides is 1. The Morgan fingerprint density at radius 3 is 2.41 bits per heavy atom. The number of ether oxygens (including phenoxy) is 1. The number of amides is 1. The molecule has 3 aromatic carbocycles. The summed E-state index contributed by atoms with van der Waals surface area (Å²) >= 11 is 0. The van der Waals surface area contributed by atoms with E-state index in [2.05, 4.69) is 35.6 Å². The van der Waals surface area contributed by atoms with Gasteiger partial charge in [0.05, 0.1) is 11.9 Å². The molecule has 6 nitrogen and oxygen atoms in total. The van der Waals surface area contributed by atoms with Gasteiger partial charge in [0, 0.05) is 13.6 Å². The van der Waals surface area contributed by atoms with Gasteiger partial charge in [-0.2, -0.15) is 0 Å². The van der Waals surface area contributed by atoms with Gasteiger partial charge >= 0.3 is 0 Å². The highest BCUT2D eigenvalue weighted by atomic mass is 32.2. The van der Waals surface area contributed by atoms with E-state index in [9.17, 15) is 13.2 Å². The monoisotopic (exact) mass is 454 g/mol. The number of fused-ring (bicyclic) bond motifs is 1. The summed E-state index contributed by atoms with van der Waals surface area (Å²) in [5.41, 5.74) is 1.81. The fourth-order valence-electron chi connectivity index (χ4n) is 3.53. The van der Waals surface area contributed by atoms with Crippen LogP contribution < -0.4 is 14.4 Å². The smallest absolute Gasteiger partial charge is 0.261 e. The maximum Gasteiger partial charge on any atom is 0.261 e. The average molecular weight is 455 g/mol. The van der Waals surface area contributed by atoms with Crippen LogP contribution in [-0.4, -0.2) is 40.3 Å². The molecule has 0 aliphatic heterocycles. The van der Waals surface area contributed by atoms with Crippen molar-refractivity contribution in [3.05, 3.63) is 72.3 Å². The zero-order chi connectivity index (χ0) is 23.1. The van der Waals surface area contributed by atoms with Crippen LogP contribution in [0.25, 0.3) is 10.8 Å². The van der Waals surface area contributed by atoms with Crippen molar-refractivity contribution in [3.63, 3.8) is 0 Å². The molecule has 0 aromatic heterocycles. The number of hydrogen-bond acceptors (Lipinski definition) is 4. The number of rotatable bonds is 10. The van der Waals surface area contributed by atoms with Crippen molar-refractivity contribution in [2.75, 3.05) is 24.2 Å². The SMILES string of the molecule is CC[C@H](Oc1ccc(N(C)S(C)(=O)=O)cc1)C(=O)NCCCc1cccc2ccccc12. The van der Waals surface area contributed by atoms with E-state index in [1.807, 2.05) is 19.1 Å². The van der Waals surface area contributed by atoms with Gasteiger partial charge in [0.1, 0.15) is 5.75 Å². The highest BCUT2D eigenvalue weighted by molar-refractivity contribution is 7.92. The van der Waals surface area contributed by atoms with E-state index in [0.717, 1.165) is 19.1 Å². The molecule has 1 atom stereocenters. The van der Waals surface area contributed by atoms with Crippen LogP contribution in [0.5, 0.6) is 5.75 Å². The third-order valence-corrected chi connectivity index (χ3v) is 6.65. The molecule has 0 unspecified atom stereocenters. The standard InChI is InChI=1S/C25H30N2O4S/c1-4-24(31-22-16-14-21(15-17-22)27(2)32(3,29)30)25(28)26-18-8-12-20-11-7-10-19-9-5-6-13-23(19)20/h5-7,9-11,13-17,24H,4,8,12,18H2,1-3H3,(H,26,28)/t24-/m0/s1. The minimum Gasteiger partial charge on any atom is -0.481 e. The second kappa shape index (κ2) is 10.5. The first-order valence-electron chi connectivity index (χ1n) is 10.7. The molecule has 0 heterocycles. The molecule has 0 spiro atoms. The van der Waals surface area contributed by atoms with E-state index in [1.165, 1.54) is 27.7 Å². The Balaban J connectivity index is 1.51. The van der Waals surface area contributed by atoms with Gasteiger partial charge in [-0.1, -0.05) is 49.4 Å². The van der Waals surface area contributed by atoms with Crippen LogP contribution in [0.3, 0.4) is 0 Å². The fourth-order valence-corrected chi connectivity index (χ4v) is 4.03. The summed E-state index contributed by atoms with van der Waals surface area (Å²) in [6.45, 7) is 2.46. The molecule has 7 heteroatoms. The maximum atomic E-state index is 12.6. The molecule has 3 rings (SSSR count). The molecule has 170 valence electrons. The number of aryl methyl sites for hydroxylation is 1. The minimum atomic E-state index is -3.33. The highest BCUT2D eigenvalue weighted by Crippen LogP contribution is 2.22. The lowest BCUT2D eigenvalue weighted by Gasteiger charge is -2.19.